The average Bonchev–Trinajstić information content (AvgIpc) is 3.62. The largest absolute Gasteiger partial charge is 0.416 e. The monoisotopic (exact) mass is 601 g/mol. The molecule has 0 bridgehead atoms. The van der Waals surface area contributed by atoms with Gasteiger partial charge in [0, 0.05) is 23.7 Å². The molecule has 5 aromatic rings. The van der Waals surface area contributed by atoms with Crippen LogP contribution in [0.5, 0.6) is 0 Å². The summed E-state index contributed by atoms with van der Waals surface area (Å²) in [5.74, 6) is 0.0650. The summed E-state index contributed by atoms with van der Waals surface area (Å²) in [6, 6.07) is 14.3. The number of halogens is 4. The number of amides is 1. The van der Waals surface area contributed by atoms with Gasteiger partial charge in [-0.2, -0.15) is 18.3 Å². The highest BCUT2D eigenvalue weighted by Gasteiger charge is 2.39. The van der Waals surface area contributed by atoms with Gasteiger partial charge >= 0.3 is 11.9 Å². The molecule has 42 heavy (non-hydrogen) atoms. The van der Waals surface area contributed by atoms with E-state index < -0.39 is 30.4 Å². The van der Waals surface area contributed by atoms with Crippen molar-refractivity contribution in [1.29, 1.82) is 0 Å². The Labute approximate surface area is 240 Å². The van der Waals surface area contributed by atoms with Crippen molar-refractivity contribution in [3.05, 3.63) is 93.5 Å². The molecule has 16 heteroatoms. The number of carbonyl (C=O) groups is 1. The molecular weight excluding hydrogens is 579 g/mol. The lowest BCUT2D eigenvalue weighted by Crippen LogP contribution is -2.37. The van der Waals surface area contributed by atoms with Gasteiger partial charge in [0.15, 0.2) is 17.8 Å². The van der Waals surface area contributed by atoms with Crippen molar-refractivity contribution in [3.8, 4) is 17.1 Å². The molecule has 1 unspecified atom stereocenters. The van der Waals surface area contributed by atoms with Crippen molar-refractivity contribution in [1.82, 2.24) is 38.9 Å². The number of anilines is 1. The number of aryl methyl sites for hydroxylation is 2. The van der Waals surface area contributed by atoms with Crippen LogP contribution in [0.1, 0.15) is 21.9 Å². The van der Waals surface area contributed by atoms with Crippen LogP contribution in [0.2, 0.25) is 5.02 Å². The number of aliphatic hydroxyl groups excluding tert-OH is 1. The second-order valence-corrected chi connectivity index (χ2v) is 9.75. The number of alkyl halides is 3. The van der Waals surface area contributed by atoms with Crippen molar-refractivity contribution in [2.75, 3.05) is 5.32 Å². The predicted octanol–water partition coefficient (Wildman–Crippen LogP) is 3.21. The number of aliphatic hydroxyl groups is 1. The second kappa shape index (κ2) is 11.3. The molecule has 12 nitrogen and oxygen atoms in total. The van der Waals surface area contributed by atoms with Crippen molar-refractivity contribution >= 4 is 23.3 Å². The lowest BCUT2D eigenvalue weighted by molar-refractivity contribution is -0.207. The number of carbonyl (C=O) groups excluding carboxylic acids is 1. The Balaban J connectivity index is 1.45. The smallest absolute Gasteiger partial charge is 0.382 e. The van der Waals surface area contributed by atoms with E-state index in [1.807, 2.05) is 0 Å². The molecule has 0 aliphatic carbocycles. The van der Waals surface area contributed by atoms with Gasteiger partial charge in [-0.15, -0.1) is 10.2 Å². The molecule has 3 aromatic heterocycles. The van der Waals surface area contributed by atoms with Gasteiger partial charge < -0.3 is 10.4 Å². The Hall–Kier alpha value is -4.76. The second-order valence-electron chi connectivity index (χ2n) is 9.31. The van der Waals surface area contributed by atoms with Crippen LogP contribution in [-0.4, -0.2) is 62.2 Å². The lowest BCUT2D eigenvalue weighted by atomic mass is 10.1. The average molecular weight is 602 g/mol. The summed E-state index contributed by atoms with van der Waals surface area (Å²) in [5.41, 5.74) is 0.797. The summed E-state index contributed by atoms with van der Waals surface area (Å²) in [7, 11) is 1.70. The van der Waals surface area contributed by atoms with E-state index in [4.69, 9.17) is 11.6 Å². The van der Waals surface area contributed by atoms with Crippen molar-refractivity contribution in [2.45, 2.75) is 32.3 Å². The highest BCUT2D eigenvalue weighted by molar-refractivity contribution is 6.30. The molecule has 0 aliphatic rings. The maximum atomic E-state index is 13.2. The first-order valence-corrected chi connectivity index (χ1v) is 12.8. The molecule has 1 amide bonds. The van der Waals surface area contributed by atoms with Crippen LogP contribution in [0.3, 0.4) is 0 Å². The molecule has 0 saturated carbocycles. The molecule has 218 valence electrons. The zero-order valence-electron chi connectivity index (χ0n) is 22.1. The van der Waals surface area contributed by atoms with Crippen LogP contribution in [0.15, 0.2) is 65.7 Å². The fourth-order valence-electron chi connectivity index (χ4n) is 4.19. The van der Waals surface area contributed by atoms with Crippen molar-refractivity contribution in [3.63, 3.8) is 0 Å². The van der Waals surface area contributed by atoms with Gasteiger partial charge in [-0.1, -0.05) is 23.7 Å². The molecule has 1 atom stereocenters. The van der Waals surface area contributed by atoms with Gasteiger partial charge in [0.25, 0.3) is 5.91 Å². The van der Waals surface area contributed by atoms with Gasteiger partial charge in [-0.25, -0.2) is 19.1 Å². The van der Waals surface area contributed by atoms with E-state index in [0.717, 1.165) is 14.9 Å². The maximum absolute atomic E-state index is 13.2. The lowest BCUT2D eigenvalue weighted by Gasteiger charge is -2.15. The molecule has 2 aromatic carbocycles. The topological polar surface area (TPSA) is 138 Å². The van der Waals surface area contributed by atoms with Gasteiger partial charge in [0.05, 0.1) is 23.5 Å². The van der Waals surface area contributed by atoms with Gasteiger partial charge in [0.1, 0.15) is 18.7 Å². The summed E-state index contributed by atoms with van der Waals surface area (Å²) >= 11 is 5.93. The predicted molar refractivity (Wildman–Crippen MR) is 145 cm³/mol. The third-order valence-electron chi connectivity index (χ3n) is 6.23. The zero-order valence-corrected chi connectivity index (χ0v) is 22.9. The number of hydrogen-bond acceptors (Lipinski definition) is 7. The minimum atomic E-state index is -4.95. The molecule has 0 spiro atoms. The maximum Gasteiger partial charge on any atom is 0.416 e. The molecule has 0 radical (unpaired) electrons. The molecule has 5 rings (SSSR count). The van der Waals surface area contributed by atoms with E-state index in [9.17, 15) is 27.9 Å². The van der Waals surface area contributed by atoms with Crippen LogP contribution in [0.4, 0.5) is 19.0 Å². The standard InChI is InChI=1S/C26H23ClF3N9O3/c1-15-11-22(36(2)33-15)32-24(41)18-5-3-4-6-19(18)39-14-31-21(34-39)13-38-25(42)37(12-20(40)26(28,29)30)23(35-38)16-7-9-17(27)10-8-16/h3-11,14,20,40H,12-13H2,1-2H3,(H,32,41). The molecular formula is C26H23ClF3N9O3. The SMILES string of the molecule is Cc1cc(NC(=O)c2ccccc2-n2cnc(Cn3nc(-c4ccc(Cl)cc4)n(CC(O)C(F)(F)F)c3=O)n2)n(C)n1. The fourth-order valence-corrected chi connectivity index (χ4v) is 4.32. The van der Waals surface area contributed by atoms with Crippen LogP contribution < -0.4 is 11.0 Å². The van der Waals surface area contributed by atoms with Crippen LogP contribution in [-0.2, 0) is 20.1 Å². The van der Waals surface area contributed by atoms with Crippen LogP contribution in [0.25, 0.3) is 17.1 Å². The molecule has 2 N–H and O–H groups in total. The quantitative estimate of drug-likeness (QED) is 0.279. The normalized spacial score (nSPS) is 12.5. The number of nitrogens with zero attached hydrogens (tertiary/aromatic N) is 8. The van der Waals surface area contributed by atoms with E-state index in [-0.39, 0.29) is 23.8 Å². The van der Waals surface area contributed by atoms with Crippen LogP contribution in [0, 0.1) is 6.92 Å². The Bertz CT molecular complexity index is 1810. The highest BCUT2D eigenvalue weighted by Crippen LogP contribution is 2.24. The number of aromatic nitrogens is 8. The first-order valence-electron chi connectivity index (χ1n) is 12.4. The van der Waals surface area contributed by atoms with E-state index in [1.165, 1.54) is 40.0 Å². The Morgan fingerprint density at radius 3 is 2.48 bits per heavy atom. The van der Waals surface area contributed by atoms with Crippen LogP contribution >= 0.6 is 11.6 Å². The summed E-state index contributed by atoms with van der Waals surface area (Å²) in [5, 5.41) is 25.6. The summed E-state index contributed by atoms with van der Waals surface area (Å²) < 4.78 is 43.9. The number of hydrogen-bond donors (Lipinski definition) is 2. The summed E-state index contributed by atoms with van der Waals surface area (Å²) in [4.78, 5) is 30.4. The third-order valence-corrected chi connectivity index (χ3v) is 6.48. The summed E-state index contributed by atoms with van der Waals surface area (Å²) in [6.45, 7) is 0.427. The minimum absolute atomic E-state index is 0.0956. The molecule has 3 heterocycles. The Kier molecular flexibility index (Phi) is 7.71. The van der Waals surface area contributed by atoms with Crippen molar-refractivity contribution in [2.24, 2.45) is 7.05 Å². The molecule has 0 aliphatic heterocycles. The van der Waals surface area contributed by atoms with E-state index >= 15 is 0 Å². The van der Waals surface area contributed by atoms with E-state index in [1.54, 1.807) is 44.3 Å². The Morgan fingerprint density at radius 1 is 1.10 bits per heavy atom. The summed E-state index contributed by atoms with van der Waals surface area (Å²) in [6.07, 6.45) is -6.41. The first-order chi connectivity index (χ1) is 19.9. The van der Waals surface area contributed by atoms with Gasteiger partial charge in [-0.3, -0.25) is 14.0 Å². The number of nitrogens with one attached hydrogen (secondary N) is 1. The van der Waals surface area contributed by atoms with Gasteiger partial charge in [0.2, 0.25) is 0 Å². The first kappa shape index (κ1) is 28.8. The third kappa shape index (κ3) is 5.96. The zero-order chi connectivity index (χ0) is 30.2. The number of para-hydroxylation sites is 1. The number of rotatable bonds is 8. The Morgan fingerprint density at radius 2 is 1.81 bits per heavy atom. The molecule has 0 fully saturated rings. The minimum Gasteiger partial charge on any atom is -0.382 e. The van der Waals surface area contributed by atoms with E-state index in [2.05, 4.69) is 25.6 Å². The highest BCUT2D eigenvalue weighted by atomic mass is 35.5. The van der Waals surface area contributed by atoms with E-state index in [0.29, 0.717) is 22.1 Å². The van der Waals surface area contributed by atoms with Crippen molar-refractivity contribution < 1.29 is 23.1 Å². The molecule has 0 saturated heterocycles. The fraction of sp³-hybridized carbons (Fsp3) is 0.231. The van der Waals surface area contributed by atoms with Gasteiger partial charge in [-0.05, 0) is 43.3 Å². The number of benzene rings is 2.